The highest BCUT2D eigenvalue weighted by Crippen LogP contribution is 2.43. The molecule has 1 aliphatic rings. The third kappa shape index (κ3) is 5.44. The zero-order valence-corrected chi connectivity index (χ0v) is 21.3. The van der Waals surface area contributed by atoms with Crippen molar-refractivity contribution in [1.82, 2.24) is 0 Å². The van der Waals surface area contributed by atoms with Crippen molar-refractivity contribution in [3.63, 3.8) is 0 Å². The SMILES string of the molecule is CCC(=O)N(c1ccccc1)[C@@H]1C[C@H](C)N(C(=O)c2ccc(OCC(C)(C)O)cc2)c2ccccc21. The number of nitrogens with zero attached hydrogens (tertiary/aromatic N) is 2. The molecule has 1 aliphatic heterocycles. The van der Waals surface area contributed by atoms with Crippen molar-refractivity contribution in [2.24, 2.45) is 0 Å². The summed E-state index contributed by atoms with van der Waals surface area (Å²) in [5, 5.41) is 9.89. The molecule has 36 heavy (non-hydrogen) atoms. The molecule has 6 nitrogen and oxygen atoms in total. The molecule has 2 atom stereocenters. The Hall–Kier alpha value is -3.64. The van der Waals surface area contributed by atoms with Crippen LogP contribution in [-0.2, 0) is 4.79 Å². The van der Waals surface area contributed by atoms with Crippen LogP contribution in [0, 0.1) is 0 Å². The highest BCUT2D eigenvalue weighted by molar-refractivity contribution is 6.07. The van der Waals surface area contributed by atoms with Crippen LogP contribution in [0.1, 0.15) is 62.5 Å². The molecule has 2 amide bonds. The number of anilines is 2. The van der Waals surface area contributed by atoms with Crippen molar-refractivity contribution < 1.29 is 19.4 Å². The van der Waals surface area contributed by atoms with Gasteiger partial charge in [-0.2, -0.15) is 0 Å². The summed E-state index contributed by atoms with van der Waals surface area (Å²) in [6, 6.07) is 24.3. The Labute approximate surface area is 213 Å². The monoisotopic (exact) mass is 486 g/mol. The van der Waals surface area contributed by atoms with Gasteiger partial charge in [-0.05, 0) is 75.2 Å². The minimum absolute atomic E-state index is 0.0506. The molecule has 0 fully saturated rings. The first-order valence-corrected chi connectivity index (χ1v) is 12.4. The van der Waals surface area contributed by atoms with Gasteiger partial charge < -0.3 is 19.6 Å². The Morgan fingerprint density at radius 1 is 1.00 bits per heavy atom. The molecular weight excluding hydrogens is 452 g/mol. The molecule has 0 saturated heterocycles. The lowest BCUT2D eigenvalue weighted by atomic mass is 9.89. The quantitative estimate of drug-likeness (QED) is 0.461. The molecule has 0 aromatic heterocycles. The number of hydrogen-bond acceptors (Lipinski definition) is 4. The van der Waals surface area contributed by atoms with Gasteiger partial charge in [0.1, 0.15) is 12.4 Å². The molecule has 0 saturated carbocycles. The first-order chi connectivity index (χ1) is 17.2. The maximum Gasteiger partial charge on any atom is 0.258 e. The van der Waals surface area contributed by atoms with E-state index >= 15 is 0 Å². The van der Waals surface area contributed by atoms with E-state index in [0.29, 0.717) is 24.2 Å². The maximum atomic E-state index is 13.7. The molecule has 188 valence electrons. The summed E-state index contributed by atoms with van der Waals surface area (Å²) in [4.78, 5) is 30.5. The number of carbonyl (C=O) groups is 2. The van der Waals surface area contributed by atoms with E-state index in [1.165, 1.54) is 0 Å². The number of fused-ring (bicyclic) bond motifs is 1. The van der Waals surface area contributed by atoms with Crippen LogP contribution in [0.25, 0.3) is 0 Å². The predicted octanol–water partition coefficient (Wildman–Crippen LogP) is 5.76. The Kier molecular flexibility index (Phi) is 7.45. The second-order valence-electron chi connectivity index (χ2n) is 9.91. The van der Waals surface area contributed by atoms with E-state index in [0.717, 1.165) is 16.9 Å². The Morgan fingerprint density at radius 2 is 1.64 bits per heavy atom. The van der Waals surface area contributed by atoms with Gasteiger partial charge in [-0.1, -0.05) is 43.3 Å². The molecule has 4 rings (SSSR count). The number of rotatable bonds is 7. The number of benzene rings is 3. The van der Waals surface area contributed by atoms with Gasteiger partial charge in [0, 0.05) is 29.4 Å². The number of ether oxygens (including phenoxy) is 1. The molecule has 0 aliphatic carbocycles. The van der Waals surface area contributed by atoms with Gasteiger partial charge in [0.15, 0.2) is 0 Å². The van der Waals surface area contributed by atoms with Crippen molar-refractivity contribution in [3.05, 3.63) is 90.0 Å². The first kappa shape index (κ1) is 25.5. The smallest absolute Gasteiger partial charge is 0.258 e. The fraction of sp³-hybridized carbons (Fsp3) is 0.333. The number of aliphatic hydroxyl groups is 1. The van der Waals surface area contributed by atoms with Gasteiger partial charge in [-0.25, -0.2) is 0 Å². The van der Waals surface area contributed by atoms with Crippen LogP contribution >= 0.6 is 0 Å². The molecular formula is C30H34N2O4. The van der Waals surface area contributed by atoms with Gasteiger partial charge in [0.25, 0.3) is 5.91 Å². The molecule has 1 N–H and O–H groups in total. The van der Waals surface area contributed by atoms with E-state index in [1.807, 2.05) is 78.2 Å². The molecule has 0 spiro atoms. The fourth-order valence-corrected chi connectivity index (χ4v) is 4.69. The van der Waals surface area contributed by atoms with Crippen molar-refractivity contribution in [2.75, 3.05) is 16.4 Å². The zero-order valence-electron chi connectivity index (χ0n) is 21.3. The van der Waals surface area contributed by atoms with Gasteiger partial charge in [0.05, 0.1) is 11.6 Å². The molecule has 1 heterocycles. The molecule has 0 bridgehead atoms. The van der Waals surface area contributed by atoms with E-state index in [9.17, 15) is 14.7 Å². The molecule has 3 aromatic carbocycles. The van der Waals surface area contributed by atoms with Crippen molar-refractivity contribution >= 4 is 23.2 Å². The molecule has 0 unspecified atom stereocenters. The predicted molar refractivity (Wildman–Crippen MR) is 143 cm³/mol. The van der Waals surface area contributed by atoms with Crippen LogP contribution in [0.3, 0.4) is 0 Å². The number of amides is 2. The topological polar surface area (TPSA) is 70.1 Å². The van der Waals surface area contributed by atoms with Crippen LogP contribution in [0.15, 0.2) is 78.9 Å². The summed E-state index contributed by atoms with van der Waals surface area (Å²) in [5.41, 5.74) is 2.25. The average Bonchev–Trinajstić information content (AvgIpc) is 2.87. The third-order valence-electron chi connectivity index (χ3n) is 6.39. The standard InChI is InChI=1S/C30H34N2O4/c1-5-28(33)32(23-11-7-6-8-12-23)27-19-21(2)31(26-14-10-9-13-25(26)27)29(34)22-15-17-24(18-16-22)36-20-30(3,4)35/h6-18,21,27,35H,5,19-20H2,1-4H3/t21-,27+/m0/s1. The second kappa shape index (κ2) is 10.5. The summed E-state index contributed by atoms with van der Waals surface area (Å²) in [5.74, 6) is 0.544. The van der Waals surface area contributed by atoms with Crippen molar-refractivity contribution in [3.8, 4) is 5.75 Å². The highest BCUT2D eigenvalue weighted by atomic mass is 16.5. The normalized spacial score (nSPS) is 17.3. The fourth-order valence-electron chi connectivity index (χ4n) is 4.69. The lowest BCUT2D eigenvalue weighted by Gasteiger charge is -2.43. The second-order valence-corrected chi connectivity index (χ2v) is 9.91. The number of para-hydroxylation sites is 2. The summed E-state index contributed by atoms with van der Waals surface area (Å²) in [7, 11) is 0. The van der Waals surface area contributed by atoms with Crippen LogP contribution in [-0.4, -0.2) is 35.2 Å². The third-order valence-corrected chi connectivity index (χ3v) is 6.39. The molecule has 6 heteroatoms. The van der Waals surface area contributed by atoms with E-state index in [2.05, 4.69) is 0 Å². The van der Waals surface area contributed by atoms with Crippen molar-refractivity contribution in [1.29, 1.82) is 0 Å². The van der Waals surface area contributed by atoms with Crippen LogP contribution in [0.5, 0.6) is 5.75 Å². The van der Waals surface area contributed by atoms with Crippen molar-refractivity contribution in [2.45, 2.75) is 58.2 Å². The van der Waals surface area contributed by atoms with E-state index in [4.69, 9.17) is 4.74 Å². The minimum atomic E-state index is -0.940. The average molecular weight is 487 g/mol. The highest BCUT2D eigenvalue weighted by Gasteiger charge is 2.38. The zero-order chi connectivity index (χ0) is 25.9. The van der Waals surface area contributed by atoms with Gasteiger partial charge in [-0.3, -0.25) is 9.59 Å². The summed E-state index contributed by atoms with van der Waals surface area (Å²) >= 11 is 0. The number of hydrogen-bond donors (Lipinski definition) is 1. The Balaban J connectivity index is 1.65. The lowest BCUT2D eigenvalue weighted by molar-refractivity contribution is -0.118. The van der Waals surface area contributed by atoms with Crippen LogP contribution < -0.4 is 14.5 Å². The number of carbonyl (C=O) groups excluding carboxylic acids is 2. The maximum absolute atomic E-state index is 13.7. The first-order valence-electron chi connectivity index (χ1n) is 12.4. The van der Waals surface area contributed by atoms with E-state index in [-0.39, 0.29) is 30.5 Å². The van der Waals surface area contributed by atoms with E-state index in [1.54, 1.807) is 38.1 Å². The Bertz CT molecular complexity index is 1200. The molecule has 0 radical (unpaired) electrons. The van der Waals surface area contributed by atoms with Gasteiger partial charge in [0.2, 0.25) is 5.91 Å². The van der Waals surface area contributed by atoms with Crippen LogP contribution in [0.2, 0.25) is 0 Å². The molecule has 3 aromatic rings. The Morgan fingerprint density at radius 3 is 2.28 bits per heavy atom. The summed E-state index contributed by atoms with van der Waals surface area (Å²) in [6.07, 6.45) is 1.02. The minimum Gasteiger partial charge on any atom is -0.491 e. The summed E-state index contributed by atoms with van der Waals surface area (Å²) < 4.78 is 5.63. The van der Waals surface area contributed by atoms with Gasteiger partial charge >= 0.3 is 0 Å². The van der Waals surface area contributed by atoms with Gasteiger partial charge in [-0.15, -0.1) is 0 Å². The largest absolute Gasteiger partial charge is 0.491 e. The summed E-state index contributed by atoms with van der Waals surface area (Å²) in [6.45, 7) is 7.43. The lowest BCUT2D eigenvalue weighted by Crippen LogP contribution is -2.47. The van der Waals surface area contributed by atoms with E-state index < -0.39 is 5.60 Å². The van der Waals surface area contributed by atoms with Crippen LogP contribution in [0.4, 0.5) is 11.4 Å².